The van der Waals surface area contributed by atoms with Crippen molar-refractivity contribution in [3.05, 3.63) is 54.6 Å². The Kier molecular flexibility index (Phi) is 10.4. The maximum absolute atomic E-state index is 4.55. The molecular formula is C17H20KN. The molecule has 0 aliphatic carbocycles. The first-order valence-corrected chi connectivity index (χ1v) is 6.60. The van der Waals surface area contributed by atoms with Gasteiger partial charge in [0.25, 0.3) is 0 Å². The molecule has 0 aliphatic rings. The normalized spacial score (nSPS) is 8.63. The first kappa shape index (κ1) is 18.7. The molecule has 0 aliphatic heterocycles. The number of fused-ring (bicyclic) bond motifs is 2. The number of pyridine rings is 1. The summed E-state index contributed by atoms with van der Waals surface area (Å²) < 4.78 is 0. The van der Waals surface area contributed by atoms with E-state index in [0.29, 0.717) is 0 Å². The number of benzene rings is 2. The van der Waals surface area contributed by atoms with Crippen molar-refractivity contribution >= 4 is 21.8 Å². The van der Waals surface area contributed by atoms with Crippen LogP contribution in [0.2, 0.25) is 0 Å². The molecule has 0 bridgehead atoms. The second-order valence-corrected chi connectivity index (χ2v) is 3.27. The molecule has 1 nitrogen and oxygen atoms in total. The summed E-state index contributed by atoms with van der Waals surface area (Å²) in [7, 11) is 0. The maximum Gasteiger partial charge on any atom is 1.00 e. The van der Waals surface area contributed by atoms with Crippen molar-refractivity contribution in [1.82, 2.24) is 4.98 Å². The molecule has 0 fully saturated rings. The van der Waals surface area contributed by atoms with E-state index >= 15 is 0 Å². The molecule has 1 heterocycles. The van der Waals surface area contributed by atoms with E-state index in [1.54, 1.807) is 0 Å². The maximum atomic E-state index is 4.55. The fourth-order valence-corrected chi connectivity index (χ4v) is 1.63. The molecule has 0 unspecified atom stereocenters. The van der Waals surface area contributed by atoms with Gasteiger partial charge in [0.1, 0.15) is 0 Å². The molecule has 0 radical (unpaired) electrons. The van der Waals surface area contributed by atoms with Crippen molar-refractivity contribution in [2.75, 3.05) is 0 Å². The molecule has 0 saturated carbocycles. The second-order valence-electron chi connectivity index (χ2n) is 3.27. The molecular weight excluding hydrogens is 257 g/mol. The van der Waals surface area contributed by atoms with E-state index in [4.69, 9.17) is 0 Å². The number of nitrogens with zero attached hydrogens (tertiary/aromatic N) is 1. The van der Waals surface area contributed by atoms with Crippen LogP contribution in [-0.2, 0) is 0 Å². The Labute approximate surface area is 158 Å². The van der Waals surface area contributed by atoms with Gasteiger partial charge in [0.2, 0.25) is 0 Å². The molecule has 0 amide bonds. The predicted octanol–water partition coefficient (Wildman–Crippen LogP) is 2.24. The zero-order valence-corrected chi connectivity index (χ0v) is 15.7. The molecule has 2 heteroatoms. The zero-order chi connectivity index (χ0) is 13.4. The van der Waals surface area contributed by atoms with Gasteiger partial charge in [0, 0.05) is 0 Å². The van der Waals surface area contributed by atoms with E-state index in [0.717, 1.165) is 21.8 Å². The number of hydrogen-bond acceptors (Lipinski definition) is 1. The summed E-state index contributed by atoms with van der Waals surface area (Å²) >= 11 is 0. The minimum atomic E-state index is 0. The molecule has 1 aromatic heterocycles. The molecule has 0 saturated heterocycles. The SMILES string of the molecule is CC.CC.[K+].[c-]1c2ccccc2nc2ccccc12. The Bertz CT molecular complexity index is 500. The molecule has 0 atom stereocenters. The van der Waals surface area contributed by atoms with E-state index in [9.17, 15) is 0 Å². The zero-order valence-electron chi connectivity index (χ0n) is 12.6. The van der Waals surface area contributed by atoms with Crippen molar-refractivity contribution in [2.24, 2.45) is 0 Å². The molecule has 2 aromatic carbocycles. The van der Waals surface area contributed by atoms with Gasteiger partial charge in [0.15, 0.2) is 0 Å². The average molecular weight is 277 g/mol. The van der Waals surface area contributed by atoms with Gasteiger partial charge in [-0.2, -0.15) is 0 Å². The Morgan fingerprint density at radius 1 is 0.684 bits per heavy atom. The Balaban J connectivity index is 0.000000597. The summed E-state index contributed by atoms with van der Waals surface area (Å²) in [6, 6.07) is 19.5. The van der Waals surface area contributed by atoms with Gasteiger partial charge >= 0.3 is 51.4 Å². The standard InChI is InChI=1S/C13H8N.2C2H6.K/c1-3-7-12-10(5-1)9-11-6-2-4-8-13(11)14-12;2*1-2;/h1-8H;2*1-2H3;/q-1;;;+1. The van der Waals surface area contributed by atoms with Crippen LogP contribution < -0.4 is 51.4 Å². The van der Waals surface area contributed by atoms with Crippen LogP contribution in [0.3, 0.4) is 0 Å². The van der Waals surface area contributed by atoms with E-state index in [-0.39, 0.29) is 51.4 Å². The van der Waals surface area contributed by atoms with Gasteiger partial charge in [-0.3, -0.25) is 0 Å². The van der Waals surface area contributed by atoms with Gasteiger partial charge in [-0.1, -0.05) is 74.9 Å². The third-order valence-corrected chi connectivity index (χ3v) is 2.32. The third-order valence-electron chi connectivity index (χ3n) is 2.32. The topological polar surface area (TPSA) is 12.9 Å². The van der Waals surface area contributed by atoms with Gasteiger partial charge < -0.3 is 4.98 Å². The van der Waals surface area contributed by atoms with Crippen LogP contribution in [-0.4, -0.2) is 4.98 Å². The van der Waals surface area contributed by atoms with Crippen LogP contribution in [0.1, 0.15) is 27.7 Å². The largest absolute Gasteiger partial charge is 1.00 e. The quantitative estimate of drug-likeness (QED) is 0.349. The Hall–Kier alpha value is -0.254. The van der Waals surface area contributed by atoms with Crippen LogP contribution in [0.15, 0.2) is 48.5 Å². The fraction of sp³-hybridized carbons (Fsp3) is 0.235. The van der Waals surface area contributed by atoms with Crippen molar-refractivity contribution in [3.8, 4) is 0 Å². The second kappa shape index (κ2) is 10.5. The fourth-order valence-electron chi connectivity index (χ4n) is 1.63. The molecule has 94 valence electrons. The summed E-state index contributed by atoms with van der Waals surface area (Å²) in [5.41, 5.74) is 2.01. The van der Waals surface area contributed by atoms with Crippen LogP contribution in [0.25, 0.3) is 21.8 Å². The molecule has 3 rings (SSSR count). The van der Waals surface area contributed by atoms with Gasteiger partial charge in [-0.15, -0.1) is 18.2 Å². The number of para-hydroxylation sites is 2. The van der Waals surface area contributed by atoms with Crippen LogP contribution >= 0.6 is 0 Å². The number of aromatic nitrogens is 1. The van der Waals surface area contributed by atoms with Gasteiger partial charge in [-0.25, -0.2) is 0 Å². The summed E-state index contributed by atoms with van der Waals surface area (Å²) in [4.78, 5) is 4.55. The van der Waals surface area contributed by atoms with Crippen molar-refractivity contribution in [1.29, 1.82) is 0 Å². The first-order valence-electron chi connectivity index (χ1n) is 6.60. The molecule has 0 N–H and O–H groups in total. The Morgan fingerprint density at radius 2 is 1.05 bits per heavy atom. The van der Waals surface area contributed by atoms with E-state index in [1.807, 2.05) is 76.2 Å². The van der Waals surface area contributed by atoms with Crippen LogP contribution in [0.5, 0.6) is 0 Å². The molecule has 19 heavy (non-hydrogen) atoms. The van der Waals surface area contributed by atoms with Crippen LogP contribution in [0, 0.1) is 6.07 Å². The minimum absolute atomic E-state index is 0. The Morgan fingerprint density at radius 3 is 1.47 bits per heavy atom. The van der Waals surface area contributed by atoms with E-state index in [1.165, 1.54) is 0 Å². The summed E-state index contributed by atoms with van der Waals surface area (Å²) in [5.74, 6) is 0. The van der Waals surface area contributed by atoms with E-state index in [2.05, 4.69) is 11.1 Å². The molecule has 3 aromatic rings. The number of rotatable bonds is 0. The van der Waals surface area contributed by atoms with Crippen molar-refractivity contribution in [2.45, 2.75) is 27.7 Å². The third kappa shape index (κ3) is 4.97. The number of hydrogen-bond donors (Lipinski definition) is 0. The van der Waals surface area contributed by atoms with Crippen molar-refractivity contribution < 1.29 is 51.4 Å². The summed E-state index contributed by atoms with van der Waals surface area (Å²) in [6.45, 7) is 8.00. The monoisotopic (exact) mass is 277 g/mol. The minimum Gasteiger partial charge on any atom is -0.326 e. The first-order chi connectivity index (χ1) is 8.93. The predicted molar refractivity (Wildman–Crippen MR) is 80.8 cm³/mol. The smallest absolute Gasteiger partial charge is 0.326 e. The van der Waals surface area contributed by atoms with Crippen LogP contribution in [0.4, 0.5) is 0 Å². The van der Waals surface area contributed by atoms with Gasteiger partial charge in [0.05, 0.1) is 0 Å². The summed E-state index contributed by atoms with van der Waals surface area (Å²) in [6.07, 6.45) is 0. The van der Waals surface area contributed by atoms with Gasteiger partial charge in [-0.05, 0) is 11.0 Å². The van der Waals surface area contributed by atoms with Crippen molar-refractivity contribution in [3.63, 3.8) is 0 Å². The average Bonchev–Trinajstić information content (AvgIpc) is 2.49. The molecule has 0 spiro atoms. The summed E-state index contributed by atoms with van der Waals surface area (Å²) in [5, 5.41) is 2.15. The van der Waals surface area contributed by atoms with E-state index < -0.39 is 0 Å².